The molecule has 1 saturated carbocycles. The zero-order chi connectivity index (χ0) is 12.9. The van der Waals surface area contributed by atoms with E-state index < -0.39 is 0 Å². The van der Waals surface area contributed by atoms with E-state index in [4.69, 9.17) is 0 Å². The molecule has 3 nitrogen and oxygen atoms in total. The van der Waals surface area contributed by atoms with Crippen LogP contribution in [-0.2, 0) is 6.54 Å². The Labute approximate surface area is 114 Å². The molecule has 1 aliphatic rings. The Morgan fingerprint density at radius 3 is 2.79 bits per heavy atom. The van der Waals surface area contributed by atoms with Crippen LogP contribution in [0.4, 0.5) is 0 Å². The second-order valence-electron chi connectivity index (χ2n) is 5.31. The molecule has 0 atom stereocenters. The van der Waals surface area contributed by atoms with Crippen molar-refractivity contribution in [2.45, 2.75) is 44.7 Å². The van der Waals surface area contributed by atoms with Crippen molar-refractivity contribution in [1.29, 1.82) is 0 Å². The Kier molecular flexibility index (Phi) is 3.94. The summed E-state index contributed by atoms with van der Waals surface area (Å²) in [6, 6.07) is 9.24. The summed E-state index contributed by atoms with van der Waals surface area (Å²) in [6.07, 6.45) is 12.5. The summed E-state index contributed by atoms with van der Waals surface area (Å²) in [5.41, 5.74) is 2.56. The van der Waals surface area contributed by atoms with Crippen molar-refractivity contribution in [1.82, 2.24) is 14.9 Å². The predicted molar refractivity (Wildman–Crippen MR) is 77.3 cm³/mol. The molecule has 0 radical (unpaired) electrons. The average Bonchev–Trinajstić information content (AvgIpc) is 3.01. The van der Waals surface area contributed by atoms with E-state index in [9.17, 15) is 0 Å². The van der Waals surface area contributed by atoms with Crippen LogP contribution in [0.25, 0.3) is 5.69 Å². The Bertz CT molecular complexity index is 498. The summed E-state index contributed by atoms with van der Waals surface area (Å²) in [6.45, 7) is 0.943. The zero-order valence-corrected chi connectivity index (χ0v) is 11.3. The van der Waals surface area contributed by atoms with Gasteiger partial charge in [0.2, 0.25) is 0 Å². The second kappa shape index (κ2) is 6.02. The van der Waals surface area contributed by atoms with Gasteiger partial charge in [0.1, 0.15) is 0 Å². The molecule has 2 aromatic rings. The van der Waals surface area contributed by atoms with Gasteiger partial charge in [-0.15, -0.1) is 0 Å². The largest absolute Gasteiger partial charge is 0.310 e. The molecule has 3 heteroatoms. The SMILES string of the molecule is c1ccc(-n2ccnc2)c(CNC2CCCCC2)c1. The molecule has 3 rings (SSSR count). The first-order valence-corrected chi connectivity index (χ1v) is 7.23. The number of nitrogens with zero attached hydrogens (tertiary/aromatic N) is 2. The Balaban J connectivity index is 1.70. The maximum absolute atomic E-state index is 4.13. The van der Waals surface area contributed by atoms with Crippen LogP contribution in [0.2, 0.25) is 0 Å². The van der Waals surface area contributed by atoms with Crippen LogP contribution >= 0.6 is 0 Å². The number of aromatic nitrogens is 2. The van der Waals surface area contributed by atoms with Gasteiger partial charge in [0.25, 0.3) is 0 Å². The first kappa shape index (κ1) is 12.4. The summed E-state index contributed by atoms with van der Waals surface area (Å²) >= 11 is 0. The molecule has 1 fully saturated rings. The van der Waals surface area contributed by atoms with Crippen LogP contribution in [0.5, 0.6) is 0 Å². The van der Waals surface area contributed by atoms with Gasteiger partial charge in [0.15, 0.2) is 0 Å². The summed E-state index contributed by atoms with van der Waals surface area (Å²) in [5.74, 6) is 0. The third kappa shape index (κ3) is 3.04. The lowest BCUT2D eigenvalue weighted by Gasteiger charge is -2.23. The number of benzene rings is 1. The smallest absolute Gasteiger partial charge is 0.0991 e. The van der Waals surface area contributed by atoms with Crippen molar-refractivity contribution in [2.24, 2.45) is 0 Å². The molecule has 0 unspecified atom stereocenters. The van der Waals surface area contributed by atoms with E-state index in [-0.39, 0.29) is 0 Å². The fraction of sp³-hybridized carbons (Fsp3) is 0.438. The highest BCUT2D eigenvalue weighted by atomic mass is 15.0. The average molecular weight is 255 g/mol. The summed E-state index contributed by atoms with van der Waals surface area (Å²) < 4.78 is 2.08. The molecule has 1 N–H and O–H groups in total. The van der Waals surface area contributed by atoms with Crippen LogP contribution in [0, 0.1) is 0 Å². The maximum Gasteiger partial charge on any atom is 0.0991 e. The monoisotopic (exact) mass is 255 g/mol. The summed E-state index contributed by atoms with van der Waals surface area (Å²) in [4.78, 5) is 4.13. The zero-order valence-electron chi connectivity index (χ0n) is 11.3. The minimum Gasteiger partial charge on any atom is -0.310 e. The number of imidazole rings is 1. The first-order chi connectivity index (χ1) is 9.43. The van der Waals surface area contributed by atoms with Gasteiger partial charge in [-0.25, -0.2) is 4.98 Å². The predicted octanol–water partition coefficient (Wildman–Crippen LogP) is 3.29. The lowest BCUT2D eigenvalue weighted by molar-refractivity contribution is 0.372. The van der Waals surface area contributed by atoms with Crippen molar-refractivity contribution in [3.63, 3.8) is 0 Å². The molecule has 1 aromatic carbocycles. The maximum atomic E-state index is 4.13. The Morgan fingerprint density at radius 2 is 2.00 bits per heavy atom. The van der Waals surface area contributed by atoms with Crippen molar-refractivity contribution in [3.05, 3.63) is 48.5 Å². The number of hydrogen-bond acceptors (Lipinski definition) is 2. The molecule has 0 amide bonds. The molecular weight excluding hydrogens is 234 g/mol. The van der Waals surface area contributed by atoms with Gasteiger partial charge >= 0.3 is 0 Å². The first-order valence-electron chi connectivity index (χ1n) is 7.23. The van der Waals surface area contributed by atoms with Crippen LogP contribution in [0.1, 0.15) is 37.7 Å². The van der Waals surface area contributed by atoms with Gasteiger partial charge in [-0.2, -0.15) is 0 Å². The van der Waals surface area contributed by atoms with E-state index in [0.717, 1.165) is 6.54 Å². The molecule has 1 aliphatic carbocycles. The van der Waals surface area contributed by atoms with Crippen molar-refractivity contribution < 1.29 is 0 Å². The highest BCUT2D eigenvalue weighted by molar-refractivity contribution is 5.40. The molecule has 0 bridgehead atoms. The molecule has 0 spiro atoms. The van der Waals surface area contributed by atoms with Crippen molar-refractivity contribution >= 4 is 0 Å². The third-order valence-electron chi connectivity index (χ3n) is 3.96. The standard InChI is InChI=1S/C16H21N3/c1-2-7-15(8-3-1)18-12-14-6-4-5-9-16(14)19-11-10-17-13-19/h4-6,9-11,13,15,18H,1-3,7-8,12H2. The van der Waals surface area contributed by atoms with Gasteiger partial charge in [-0.05, 0) is 24.5 Å². The third-order valence-corrected chi connectivity index (χ3v) is 3.96. The topological polar surface area (TPSA) is 29.9 Å². The Hall–Kier alpha value is -1.61. The molecular formula is C16H21N3. The highest BCUT2D eigenvalue weighted by Gasteiger charge is 2.13. The molecule has 19 heavy (non-hydrogen) atoms. The Morgan fingerprint density at radius 1 is 1.16 bits per heavy atom. The lowest BCUT2D eigenvalue weighted by Crippen LogP contribution is -2.30. The molecule has 1 aromatic heterocycles. The summed E-state index contributed by atoms with van der Waals surface area (Å²) in [7, 11) is 0. The quantitative estimate of drug-likeness (QED) is 0.908. The fourth-order valence-electron chi connectivity index (χ4n) is 2.87. The molecule has 0 saturated heterocycles. The van der Waals surface area contributed by atoms with E-state index in [2.05, 4.69) is 39.1 Å². The highest BCUT2D eigenvalue weighted by Crippen LogP contribution is 2.19. The summed E-state index contributed by atoms with van der Waals surface area (Å²) in [5, 5.41) is 3.71. The molecule has 100 valence electrons. The van der Waals surface area contributed by atoms with Gasteiger partial charge in [-0.3, -0.25) is 0 Å². The van der Waals surface area contributed by atoms with E-state index in [1.165, 1.54) is 43.4 Å². The van der Waals surface area contributed by atoms with E-state index in [0.29, 0.717) is 6.04 Å². The second-order valence-corrected chi connectivity index (χ2v) is 5.31. The minimum atomic E-state index is 0.699. The normalized spacial score (nSPS) is 16.6. The molecule has 0 aliphatic heterocycles. The van der Waals surface area contributed by atoms with E-state index in [1.807, 2.05) is 18.7 Å². The van der Waals surface area contributed by atoms with E-state index in [1.54, 1.807) is 0 Å². The van der Waals surface area contributed by atoms with Crippen LogP contribution in [0.15, 0.2) is 43.0 Å². The van der Waals surface area contributed by atoms with Crippen molar-refractivity contribution in [3.8, 4) is 5.69 Å². The number of para-hydroxylation sites is 1. The fourth-order valence-corrected chi connectivity index (χ4v) is 2.87. The van der Waals surface area contributed by atoms with Gasteiger partial charge in [0, 0.05) is 25.0 Å². The van der Waals surface area contributed by atoms with E-state index >= 15 is 0 Å². The lowest BCUT2D eigenvalue weighted by atomic mass is 9.95. The van der Waals surface area contributed by atoms with Gasteiger partial charge < -0.3 is 9.88 Å². The number of rotatable bonds is 4. The van der Waals surface area contributed by atoms with Gasteiger partial charge in [0.05, 0.1) is 12.0 Å². The van der Waals surface area contributed by atoms with Crippen molar-refractivity contribution in [2.75, 3.05) is 0 Å². The van der Waals surface area contributed by atoms with Crippen LogP contribution in [-0.4, -0.2) is 15.6 Å². The molecule has 1 heterocycles. The number of hydrogen-bond donors (Lipinski definition) is 1. The number of nitrogens with one attached hydrogen (secondary N) is 1. The van der Waals surface area contributed by atoms with Gasteiger partial charge in [-0.1, -0.05) is 37.5 Å². The van der Waals surface area contributed by atoms with Crippen LogP contribution < -0.4 is 5.32 Å². The van der Waals surface area contributed by atoms with Crippen LogP contribution in [0.3, 0.4) is 0 Å². The minimum absolute atomic E-state index is 0.699.